The minimum absolute atomic E-state index is 0.0222. The molecule has 164 valence electrons. The number of halogens is 1. The van der Waals surface area contributed by atoms with E-state index in [9.17, 15) is 9.18 Å². The van der Waals surface area contributed by atoms with Crippen LogP contribution < -0.4 is 27.1 Å². The molecule has 0 bridgehead atoms. The Bertz CT molecular complexity index is 966. The molecule has 0 radical (unpaired) electrons. The first-order chi connectivity index (χ1) is 15.0. The van der Waals surface area contributed by atoms with Crippen molar-refractivity contribution < 1.29 is 9.18 Å². The number of carbonyl (C=O) groups is 1. The highest BCUT2D eigenvalue weighted by molar-refractivity contribution is 6.14. The van der Waals surface area contributed by atoms with Gasteiger partial charge in [0, 0.05) is 18.3 Å². The van der Waals surface area contributed by atoms with Gasteiger partial charge in [0.1, 0.15) is 5.82 Å². The highest BCUT2D eigenvalue weighted by atomic mass is 19.1. The molecule has 2 aromatic rings. The molecular formula is C20H26FN9O. The molecule has 31 heavy (non-hydrogen) atoms. The number of anilines is 4. The van der Waals surface area contributed by atoms with Crippen LogP contribution >= 0.6 is 0 Å². The predicted molar refractivity (Wildman–Crippen MR) is 120 cm³/mol. The molecule has 7 N–H and O–H groups in total. The number of likely N-dealkylation sites (N-methyl/N-ethyl adjacent to an activating group) is 1. The van der Waals surface area contributed by atoms with Crippen LogP contribution in [-0.2, 0) is 0 Å². The standard InChI is InChI=1S/C20H26FN9O/c1-24-16-4-2-3-5-17(16)28-20-15(21)9-14(18(23)31)19(29-20)27-12-8-13(11-25-10-12)30-26-7-6-22/h6-11,16-17,22,24,30H,2-5H2,1H3,(H2,23,31)(H2,27,28,29)/b22-6?,26-7-/t16?,17-/m1/s1. The third-order valence-electron chi connectivity index (χ3n) is 5.04. The van der Waals surface area contributed by atoms with Crippen LogP contribution in [0.25, 0.3) is 0 Å². The number of hydrogen-bond donors (Lipinski definition) is 6. The number of rotatable bonds is 9. The number of nitrogens with two attached hydrogens (primary N) is 1. The molecule has 0 saturated heterocycles. The topological polar surface area (TPSA) is 153 Å². The van der Waals surface area contributed by atoms with E-state index in [1.165, 1.54) is 18.6 Å². The maximum absolute atomic E-state index is 14.7. The van der Waals surface area contributed by atoms with Gasteiger partial charge in [-0.25, -0.2) is 9.37 Å². The Kier molecular flexibility index (Phi) is 7.44. The number of pyridine rings is 2. The summed E-state index contributed by atoms with van der Waals surface area (Å²) in [6, 6.07) is 2.99. The highest BCUT2D eigenvalue weighted by Crippen LogP contribution is 2.27. The van der Waals surface area contributed by atoms with Gasteiger partial charge < -0.3 is 27.1 Å². The Balaban J connectivity index is 1.87. The van der Waals surface area contributed by atoms with Gasteiger partial charge >= 0.3 is 0 Å². The Morgan fingerprint density at radius 3 is 2.68 bits per heavy atom. The van der Waals surface area contributed by atoms with E-state index in [1.807, 2.05) is 7.05 Å². The Morgan fingerprint density at radius 2 is 1.97 bits per heavy atom. The second-order valence-electron chi connectivity index (χ2n) is 7.15. The van der Waals surface area contributed by atoms with Gasteiger partial charge in [0.2, 0.25) is 0 Å². The fourth-order valence-corrected chi connectivity index (χ4v) is 3.55. The van der Waals surface area contributed by atoms with Gasteiger partial charge in [-0.3, -0.25) is 15.2 Å². The van der Waals surface area contributed by atoms with Crippen LogP contribution in [0, 0.1) is 11.2 Å². The third-order valence-corrected chi connectivity index (χ3v) is 5.04. The van der Waals surface area contributed by atoms with Crippen molar-refractivity contribution in [3.05, 3.63) is 35.9 Å². The lowest BCUT2D eigenvalue weighted by molar-refractivity contribution is 0.100. The summed E-state index contributed by atoms with van der Waals surface area (Å²) in [6.07, 6.45) is 9.41. The van der Waals surface area contributed by atoms with Gasteiger partial charge in [-0.15, -0.1) is 0 Å². The van der Waals surface area contributed by atoms with E-state index in [1.54, 1.807) is 6.07 Å². The fraction of sp³-hybridized carbons (Fsp3) is 0.350. The van der Waals surface area contributed by atoms with Gasteiger partial charge in [-0.05, 0) is 32.0 Å². The van der Waals surface area contributed by atoms with Crippen LogP contribution in [0.3, 0.4) is 0 Å². The summed E-state index contributed by atoms with van der Waals surface area (Å²) >= 11 is 0. The summed E-state index contributed by atoms with van der Waals surface area (Å²) in [4.78, 5) is 20.3. The zero-order valence-corrected chi connectivity index (χ0v) is 17.2. The maximum Gasteiger partial charge on any atom is 0.252 e. The minimum atomic E-state index is -0.802. The predicted octanol–water partition coefficient (Wildman–Crippen LogP) is 2.45. The van der Waals surface area contributed by atoms with Gasteiger partial charge in [0.25, 0.3) is 5.91 Å². The number of hydrogen-bond acceptors (Lipinski definition) is 9. The minimum Gasteiger partial charge on any atom is -0.365 e. The average molecular weight is 427 g/mol. The van der Waals surface area contributed by atoms with E-state index in [2.05, 4.69) is 36.4 Å². The van der Waals surface area contributed by atoms with Crippen LogP contribution in [-0.4, -0.2) is 47.4 Å². The summed E-state index contributed by atoms with van der Waals surface area (Å²) in [5.74, 6) is -1.27. The lowest BCUT2D eigenvalue weighted by atomic mass is 9.90. The Labute approximate surface area is 179 Å². The van der Waals surface area contributed by atoms with Crippen LogP contribution in [0.1, 0.15) is 36.0 Å². The zero-order chi connectivity index (χ0) is 22.2. The molecule has 1 unspecified atom stereocenters. The van der Waals surface area contributed by atoms with E-state index < -0.39 is 11.7 Å². The first-order valence-corrected chi connectivity index (χ1v) is 9.96. The number of nitrogens with zero attached hydrogens (tertiary/aromatic N) is 3. The molecule has 0 aromatic carbocycles. The molecule has 1 aliphatic carbocycles. The molecule has 1 amide bonds. The van der Waals surface area contributed by atoms with Crippen molar-refractivity contribution in [3.63, 3.8) is 0 Å². The Hall–Kier alpha value is -3.60. The molecular weight excluding hydrogens is 401 g/mol. The van der Waals surface area contributed by atoms with Crippen molar-refractivity contribution >= 4 is 41.3 Å². The van der Waals surface area contributed by atoms with Crippen molar-refractivity contribution in [1.82, 2.24) is 15.3 Å². The molecule has 1 aliphatic rings. The van der Waals surface area contributed by atoms with Crippen molar-refractivity contribution in [1.29, 1.82) is 5.41 Å². The average Bonchev–Trinajstić information content (AvgIpc) is 2.76. The lowest BCUT2D eigenvalue weighted by Crippen LogP contribution is -2.45. The lowest BCUT2D eigenvalue weighted by Gasteiger charge is -2.32. The summed E-state index contributed by atoms with van der Waals surface area (Å²) in [6.45, 7) is 0. The first kappa shape index (κ1) is 22.1. The highest BCUT2D eigenvalue weighted by Gasteiger charge is 2.26. The summed E-state index contributed by atoms with van der Waals surface area (Å²) in [7, 11) is 1.89. The third kappa shape index (κ3) is 5.72. The second kappa shape index (κ2) is 10.4. The van der Waals surface area contributed by atoms with Crippen molar-refractivity contribution in [2.24, 2.45) is 10.8 Å². The molecule has 10 nitrogen and oxygen atoms in total. The van der Waals surface area contributed by atoms with E-state index in [4.69, 9.17) is 11.1 Å². The van der Waals surface area contributed by atoms with E-state index in [-0.39, 0.29) is 29.3 Å². The van der Waals surface area contributed by atoms with Crippen molar-refractivity contribution in [2.45, 2.75) is 37.8 Å². The molecule has 2 aromatic heterocycles. The molecule has 0 spiro atoms. The second-order valence-corrected chi connectivity index (χ2v) is 7.15. The molecule has 11 heteroatoms. The molecule has 3 rings (SSSR count). The maximum atomic E-state index is 14.7. The number of nitrogens with one attached hydrogen (secondary N) is 5. The number of aromatic nitrogens is 2. The monoisotopic (exact) mass is 427 g/mol. The molecule has 2 atom stereocenters. The number of hydrazone groups is 1. The number of carbonyl (C=O) groups excluding carboxylic acids is 1. The smallest absolute Gasteiger partial charge is 0.252 e. The van der Waals surface area contributed by atoms with Crippen LogP contribution in [0.4, 0.5) is 27.4 Å². The quantitative estimate of drug-likeness (QED) is 0.265. The summed E-state index contributed by atoms with van der Waals surface area (Å²) in [5, 5.41) is 20.2. The first-order valence-electron chi connectivity index (χ1n) is 9.96. The van der Waals surface area contributed by atoms with Crippen molar-refractivity contribution in [3.8, 4) is 0 Å². The normalized spacial score (nSPS) is 18.5. The van der Waals surface area contributed by atoms with Gasteiger partial charge in [-0.1, -0.05) is 12.8 Å². The van der Waals surface area contributed by atoms with Gasteiger partial charge in [0.05, 0.1) is 35.5 Å². The summed E-state index contributed by atoms with van der Waals surface area (Å²) in [5.41, 5.74) is 9.13. The number of amides is 1. The molecule has 2 heterocycles. The van der Waals surface area contributed by atoms with E-state index in [0.29, 0.717) is 11.4 Å². The SMILES string of the molecule is CNC1CCCC[C@H]1Nc1nc(Nc2cncc(N/N=C\C=N)c2)c(C(N)=O)cc1F. The van der Waals surface area contributed by atoms with Crippen LogP contribution in [0.2, 0.25) is 0 Å². The van der Waals surface area contributed by atoms with E-state index in [0.717, 1.165) is 38.0 Å². The molecule has 0 aliphatic heterocycles. The number of primary amides is 1. The van der Waals surface area contributed by atoms with E-state index >= 15 is 0 Å². The van der Waals surface area contributed by atoms with Crippen LogP contribution in [0.5, 0.6) is 0 Å². The fourth-order valence-electron chi connectivity index (χ4n) is 3.55. The Morgan fingerprint density at radius 1 is 1.23 bits per heavy atom. The largest absolute Gasteiger partial charge is 0.365 e. The van der Waals surface area contributed by atoms with Gasteiger partial charge in [-0.2, -0.15) is 5.10 Å². The summed E-state index contributed by atoms with van der Waals surface area (Å²) < 4.78 is 14.7. The zero-order valence-electron chi connectivity index (χ0n) is 17.2. The van der Waals surface area contributed by atoms with Gasteiger partial charge in [0.15, 0.2) is 11.6 Å². The molecule has 1 saturated carbocycles. The van der Waals surface area contributed by atoms with Crippen molar-refractivity contribution in [2.75, 3.05) is 23.1 Å². The van der Waals surface area contributed by atoms with Crippen LogP contribution in [0.15, 0.2) is 29.6 Å². The molecule has 1 fully saturated rings.